The number of amides is 2. The minimum atomic E-state index is -3.61. The summed E-state index contributed by atoms with van der Waals surface area (Å²) >= 11 is 0. The van der Waals surface area contributed by atoms with Gasteiger partial charge in [-0.1, -0.05) is 13.8 Å². The van der Waals surface area contributed by atoms with E-state index in [4.69, 9.17) is 4.74 Å². The summed E-state index contributed by atoms with van der Waals surface area (Å²) in [4.78, 5) is 29.2. The quantitative estimate of drug-likeness (QED) is 0.542. The molecule has 0 bridgehead atoms. The van der Waals surface area contributed by atoms with E-state index in [9.17, 15) is 18.0 Å². The molecule has 1 aromatic rings. The molecule has 178 valence electrons. The van der Waals surface area contributed by atoms with Gasteiger partial charge in [0.1, 0.15) is 6.04 Å². The maximum atomic E-state index is 12.9. The maximum Gasteiger partial charge on any atom is 0.243 e. The van der Waals surface area contributed by atoms with Gasteiger partial charge < -0.3 is 10.1 Å². The molecule has 1 fully saturated rings. The fraction of sp³-hybridized carbons (Fsp3) is 0.636. The molecule has 2 heterocycles. The van der Waals surface area contributed by atoms with Crippen LogP contribution in [0.5, 0.6) is 0 Å². The molecular formula is C22H34N4O5S. The highest BCUT2D eigenvalue weighted by atomic mass is 32.2. The molecule has 2 aliphatic heterocycles. The van der Waals surface area contributed by atoms with Crippen molar-refractivity contribution in [2.75, 3.05) is 57.4 Å². The van der Waals surface area contributed by atoms with E-state index in [2.05, 4.69) is 10.2 Å². The lowest BCUT2D eigenvalue weighted by molar-refractivity contribution is -0.125. The number of hydrogen-bond acceptors (Lipinski definition) is 6. The SMILES string of the molecule is CCN(CC)S(=O)(=O)c1ccc2c(c1)C[C@H](C(=O)NCCCN1CCOCC1)N2C(C)=O. The van der Waals surface area contributed by atoms with Gasteiger partial charge in [0, 0.05) is 51.8 Å². The monoisotopic (exact) mass is 466 g/mol. The molecule has 2 amide bonds. The van der Waals surface area contributed by atoms with E-state index in [0.29, 0.717) is 37.3 Å². The lowest BCUT2D eigenvalue weighted by Crippen LogP contribution is -2.48. The van der Waals surface area contributed by atoms with Crippen molar-refractivity contribution in [1.29, 1.82) is 0 Å². The number of fused-ring (bicyclic) bond motifs is 1. The minimum absolute atomic E-state index is 0.190. The summed E-state index contributed by atoms with van der Waals surface area (Å²) in [5, 5.41) is 2.95. The van der Waals surface area contributed by atoms with Gasteiger partial charge in [-0.25, -0.2) is 8.42 Å². The van der Waals surface area contributed by atoms with Crippen LogP contribution in [-0.2, 0) is 30.8 Å². The highest BCUT2D eigenvalue weighted by Gasteiger charge is 2.37. The van der Waals surface area contributed by atoms with E-state index in [1.54, 1.807) is 26.0 Å². The van der Waals surface area contributed by atoms with Crippen molar-refractivity contribution in [1.82, 2.24) is 14.5 Å². The van der Waals surface area contributed by atoms with Crippen LogP contribution < -0.4 is 10.2 Å². The molecule has 9 nitrogen and oxygen atoms in total. The molecule has 10 heteroatoms. The Kier molecular flexibility index (Phi) is 8.26. The normalized spacial score (nSPS) is 19.2. The summed E-state index contributed by atoms with van der Waals surface area (Å²) in [5.41, 5.74) is 1.30. The van der Waals surface area contributed by atoms with E-state index in [0.717, 1.165) is 39.3 Å². The second kappa shape index (κ2) is 10.7. The Morgan fingerprint density at radius 3 is 2.50 bits per heavy atom. The topological polar surface area (TPSA) is 99.3 Å². The van der Waals surface area contributed by atoms with Gasteiger partial charge in [-0.3, -0.25) is 19.4 Å². The van der Waals surface area contributed by atoms with Gasteiger partial charge >= 0.3 is 0 Å². The predicted octanol–water partition coefficient (Wildman–Crippen LogP) is 0.833. The summed E-state index contributed by atoms with van der Waals surface area (Å²) in [6.07, 6.45) is 1.11. The smallest absolute Gasteiger partial charge is 0.243 e. The summed E-state index contributed by atoms with van der Waals surface area (Å²) in [5.74, 6) is -0.455. The number of sulfonamides is 1. The molecular weight excluding hydrogens is 432 g/mol. The van der Waals surface area contributed by atoms with Crippen LogP contribution in [0.15, 0.2) is 23.1 Å². The van der Waals surface area contributed by atoms with Crippen molar-refractivity contribution >= 4 is 27.5 Å². The molecule has 3 rings (SSSR count). The number of morpholine rings is 1. The lowest BCUT2D eigenvalue weighted by atomic mass is 10.1. The molecule has 1 atom stereocenters. The molecule has 32 heavy (non-hydrogen) atoms. The molecule has 2 aliphatic rings. The van der Waals surface area contributed by atoms with E-state index >= 15 is 0 Å². The van der Waals surface area contributed by atoms with Gasteiger partial charge in [-0.15, -0.1) is 0 Å². The zero-order chi connectivity index (χ0) is 23.3. The first kappa shape index (κ1) is 24.6. The van der Waals surface area contributed by atoms with Gasteiger partial charge in [-0.2, -0.15) is 4.31 Å². The average molecular weight is 467 g/mol. The Labute approximate surface area is 190 Å². The van der Waals surface area contributed by atoms with Crippen LogP contribution in [0.3, 0.4) is 0 Å². The van der Waals surface area contributed by atoms with E-state index in [1.807, 2.05) is 0 Å². The Morgan fingerprint density at radius 2 is 1.88 bits per heavy atom. The number of hydrogen-bond donors (Lipinski definition) is 1. The number of carbonyl (C=O) groups is 2. The fourth-order valence-electron chi connectivity index (χ4n) is 4.36. The number of nitrogens with zero attached hydrogens (tertiary/aromatic N) is 3. The lowest BCUT2D eigenvalue weighted by Gasteiger charge is -2.27. The number of nitrogens with one attached hydrogen (secondary N) is 1. The second-order valence-electron chi connectivity index (χ2n) is 8.09. The van der Waals surface area contributed by atoms with Crippen LogP contribution in [0.1, 0.15) is 32.8 Å². The molecule has 0 radical (unpaired) electrons. The van der Waals surface area contributed by atoms with Gasteiger partial charge in [0.05, 0.1) is 18.1 Å². The first-order valence-electron chi connectivity index (χ1n) is 11.3. The minimum Gasteiger partial charge on any atom is -0.379 e. The van der Waals surface area contributed by atoms with Gasteiger partial charge in [0.25, 0.3) is 0 Å². The first-order valence-corrected chi connectivity index (χ1v) is 12.7. The molecule has 0 saturated carbocycles. The molecule has 1 saturated heterocycles. The van der Waals surface area contributed by atoms with Gasteiger partial charge in [0.15, 0.2) is 0 Å². The third kappa shape index (κ3) is 5.31. The first-order chi connectivity index (χ1) is 15.3. The summed E-state index contributed by atoms with van der Waals surface area (Å²) in [7, 11) is -3.61. The number of anilines is 1. The Balaban J connectivity index is 1.67. The highest BCUT2D eigenvalue weighted by molar-refractivity contribution is 7.89. The van der Waals surface area contributed by atoms with Crippen molar-refractivity contribution in [3.05, 3.63) is 23.8 Å². The Morgan fingerprint density at radius 1 is 1.19 bits per heavy atom. The average Bonchev–Trinajstić information content (AvgIpc) is 3.17. The number of carbonyl (C=O) groups excluding carboxylic acids is 2. The summed E-state index contributed by atoms with van der Waals surface area (Å²) in [6, 6.07) is 4.09. The highest BCUT2D eigenvalue weighted by Crippen LogP contribution is 2.34. The largest absolute Gasteiger partial charge is 0.379 e. The van der Waals surface area contributed by atoms with Crippen molar-refractivity contribution in [2.45, 2.75) is 44.6 Å². The molecule has 0 unspecified atom stereocenters. The van der Waals surface area contributed by atoms with Crippen LogP contribution in [0.25, 0.3) is 0 Å². The van der Waals surface area contributed by atoms with Crippen LogP contribution in [0.4, 0.5) is 5.69 Å². The third-order valence-electron chi connectivity index (χ3n) is 6.07. The van der Waals surface area contributed by atoms with Crippen molar-refractivity contribution < 1.29 is 22.7 Å². The third-order valence-corrected chi connectivity index (χ3v) is 8.12. The standard InChI is InChI=1S/C22H34N4O5S/c1-4-25(5-2)32(29,30)19-7-8-20-18(15-19)16-21(26(20)17(3)27)22(28)23-9-6-10-24-11-13-31-14-12-24/h7-8,15,21H,4-6,9-14,16H2,1-3H3,(H,23,28)/t21-/m1/s1. The number of ether oxygens (including phenoxy) is 1. The Bertz CT molecular complexity index is 926. The number of rotatable bonds is 9. The van der Waals surface area contributed by atoms with Gasteiger partial charge in [-0.05, 0) is 36.7 Å². The molecule has 1 aromatic carbocycles. The zero-order valence-corrected chi connectivity index (χ0v) is 20.0. The molecule has 1 N–H and O–H groups in total. The van der Waals surface area contributed by atoms with Gasteiger partial charge in [0.2, 0.25) is 21.8 Å². The molecule has 0 aromatic heterocycles. The van der Waals surface area contributed by atoms with Crippen LogP contribution >= 0.6 is 0 Å². The summed E-state index contributed by atoms with van der Waals surface area (Å²) in [6.45, 7) is 10.5. The zero-order valence-electron chi connectivity index (χ0n) is 19.2. The second-order valence-corrected chi connectivity index (χ2v) is 10.0. The molecule has 0 spiro atoms. The van der Waals surface area contributed by atoms with E-state index in [-0.39, 0.29) is 16.7 Å². The number of benzene rings is 1. The van der Waals surface area contributed by atoms with Crippen molar-refractivity contribution in [3.63, 3.8) is 0 Å². The maximum absolute atomic E-state index is 12.9. The Hall–Kier alpha value is -2.01. The van der Waals surface area contributed by atoms with Crippen molar-refractivity contribution in [3.8, 4) is 0 Å². The predicted molar refractivity (Wildman–Crippen MR) is 122 cm³/mol. The van der Waals surface area contributed by atoms with E-state index < -0.39 is 16.1 Å². The van der Waals surface area contributed by atoms with Crippen LogP contribution in [0, 0.1) is 0 Å². The molecule has 0 aliphatic carbocycles. The van der Waals surface area contributed by atoms with Crippen LogP contribution in [-0.4, -0.2) is 88.0 Å². The fourth-order valence-corrected chi connectivity index (χ4v) is 5.87. The summed E-state index contributed by atoms with van der Waals surface area (Å²) < 4.78 is 32.5. The van der Waals surface area contributed by atoms with E-state index in [1.165, 1.54) is 22.2 Å². The van der Waals surface area contributed by atoms with Crippen LogP contribution in [0.2, 0.25) is 0 Å². The van der Waals surface area contributed by atoms with Crippen molar-refractivity contribution in [2.24, 2.45) is 0 Å².